The lowest BCUT2D eigenvalue weighted by Gasteiger charge is -2.21. The van der Waals surface area contributed by atoms with E-state index in [0.29, 0.717) is 5.75 Å². The molecule has 0 fully saturated rings. The molecule has 1 aliphatic heterocycles. The lowest BCUT2D eigenvalue weighted by Crippen LogP contribution is -1.85. The van der Waals surface area contributed by atoms with Gasteiger partial charge < -0.3 is 4.52 Å². The molecule has 2 rings (SSSR count). The molecule has 106 valence electrons. The first-order valence-corrected chi connectivity index (χ1v) is 14.8. The monoisotopic (exact) mass is 481 g/mol. The van der Waals surface area contributed by atoms with E-state index in [9.17, 15) is 0 Å². The molecule has 0 saturated carbocycles. The molecule has 0 bridgehead atoms. The van der Waals surface area contributed by atoms with Crippen molar-refractivity contribution < 1.29 is 4.52 Å². The quantitative estimate of drug-likeness (QED) is 0.387. The van der Waals surface area contributed by atoms with E-state index < -0.39 is 18.6 Å². The lowest BCUT2D eigenvalue weighted by atomic mass is 10.3. The predicted molar refractivity (Wildman–Crippen MR) is 92.1 cm³/mol. The molecular formula is C6H4BrCl5N3OP3. The molecule has 1 aromatic rings. The lowest BCUT2D eigenvalue weighted by molar-refractivity contribution is 0.619. The molecule has 0 aliphatic carbocycles. The normalized spacial score (nSPS) is 27.7. The third kappa shape index (κ3) is 5.09. The number of hydrogen-bond acceptors (Lipinski definition) is 4. The molecule has 13 heteroatoms. The smallest absolute Gasteiger partial charge is 0.350 e. The van der Waals surface area contributed by atoms with Gasteiger partial charge in [-0.1, -0.05) is 15.9 Å². The van der Waals surface area contributed by atoms with Crippen molar-refractivity contribution in [2.24, 2.45) is 13.5 Å². The summed E-state index contributed by atoms with van der Waals surface area (Å²) < 4.78 is 18.2. The Hall–Kier alpha value is 1.64. The van der Waals surface area contributed by atoms with Gasteiger partial charge in [0.2, 0.25) is 0 Å². The first-order valence-electron chi connectivity index (χ1n) is 4.44. The average molecular weight is 484 g/mol. The summed E-state index contributed by atoms with van der Waals surface area (Å²) in [5.41, 5.74) is 0. The molecule has 1 atom stereocenters. The third-order valence-corrected chi connectivity index (χ3v) is 14.2. The van der Waals surface area contributed by atoms with E-state index in [-0.39, 0.29) is 0 Å². The van der Waals surface area contributed by atoms with E-state index in [1.54, 1.807) is 24.3 Å². The Balaban J connectivity index is 2.44. The fraction of sp³-hybridized carbons (Fsp3) is 0. The molecule has 1 unspecified atom stereocenters. The van der Waals surface area contributed by atoms with Crippen LogP contribution in [-0.4, -0.2) is 0 Å². The summed E-state index contributed by atoms with van der Waals surface area (Å²) in [4.78, 5) is 0. The highest BCUT2D eigenvalue weighted by molar-refractivity contribution is 9.10. The zero-order valence-electron chi connectivity index (χ0n) is 8.67. The van der Waals surface area contributed by atoms with Crippen molar-refractivity contribution in [3.63, 3.8) is 0 Å². The molecule has 1 heterocycles. The van der Waals surface area contributed by atoms with Crippen LogP contribution in [0.1, 0.15) is 0 Å². The van der Waals surface area contributed by atoms with Crippen molar-refractivity contribution in [3.05, 3.63) is 28.7 Å². The van der Waals surface area contributed by atoms with E-state index in [1.807, 2.05) is 0 Å². The van der Waals surface area contributed by atoms with E-state index >= 15 is 0 Å². The van der Waals surface area contributed by atoms with Crippen molar-refractivity contribution >= 4 is 90.7 Å². The van der Waals surface area contributed by atoms with Gasteiger partial charge in [-0.15, -0.1) is 0 Å². The van der Waals surface area contributed by atoms with Gasteiger partial charge in [0.1, 0.15) is 5.75 Å². The zero-order valence-corrected chi connectivity index (χ0v) is 16.7. The van der Waals surface area contributed by atoms with Crippen LogP contribution in [0, 0.1) is 0 Å². The van der Waals surface area contributed by atoms with E-state index in [0.717, 1.165) is 4.47 Å². The molecular weight excluding hydrogens is 480 g/mol. The maximum atomic E-state index is 6.22. The van der Waals surface area contributed by atoms with Crippen LogP contribution >= 0.6 is 90.7 Å². The summed E-state index contributed by atoms with van der Waals surface area (Å²) in [7, 11) is 0. The molecule has 0 aromatic heterocycles. The number of benzene rings is 1. The Kier molecular flexibility index (Phi) is 5.40. The average Bonchev–Trinajstić information content (AvgIpc) is 2.15. The van der Waals surface area contributed by atoms with Gasteiger partial charge in [0.15, 0.2) is 0 Å². The highest BCUT2D eigenvalue weighted by Crippen LogP contribution is 2.86. The number of nitrogens with zero attached hydrogens (tertiary/aromatic N) is 3. The van der Waals surface area contributed by atoms with Crippen molar-refractivity contribution in [3.8, 4) is 5.75 Å². The largest absolute Gasteiger partial charge is 0.431 e. The second-order valence-electron chi connectivity index (χ2n) is 3.20. The van der Waals surface area contributed by atoms with Gasteiger partial charge in [-0.05, 0) is 80.5 Å². The maximum absolute atomic E-state index is 6.22. The van der Waals surface area contributed by atoms with Crippen LogP contribution in [0.4, 0.5) is 0 Å². The standard InChI is InChI=1S/C6H4BrCl5N3OP3/c7-5-1-3-6(4-2-5)16-19(12)14-17(8,9)13-18(10,11)15-19/h1-4H. The van der Waals surface area contributed by atoms with Gasteiger partial charge in [-0.2, -0.15) is 13.5 Å². The summed E-state index contributed by atoms with van der Waals surface area (Å²) in [6.45, 7) is -3.16. The van der Waals surface area contributed by atoms with Crippen LogP contribution in [0.5, 0.6) is 5.75 Å². The summed E-state index contributed by atoms with van der Waals surface area (Å²) in [6, 6.07) is 6.94. The SMILES string of the molecule is ClP1(Cl)=NP(Cl)(Cl)=NP(Cl)(Oc2ccc(Br)cc2)=N1. The molecule has 0 spiro atoms. The van der Waals surface area contributed by atoms with Gasteiger partial charge >= 0.3 is 6.78 Å². The molecule has 0 amide bonds. The topological polar surface area (TPSA) is 46.3 Å². The second kappa shape index (κ2) is 6.03. The molecule has 4 nitrogen and oxygen atoms in total. The number of rotatable bonds is 2. The third-order valence-electron chi connectivity index (χ3n) is 1.69. The van der Waals surface area contributed by atoms with E-state index in [1.165, 1.54) is 0 Å². The summed E-state index contributed by atoms with van der Waals surface area (Å²) in [6.07, 6.45) is 0. The minimum absolute atomic E-state index is 0.461. The van der Waals surface area contributed by atoms with Crippen LogP contribution in [0.15, 0.2) is 42.3 Å². The number of halogens is 6. The Morgan fingerprint density at radius 2 is 1.37 bits per heavy atom. The summed E-state index contributed by atoms with van der Waals surface area (Å²) in [5.74, 6) is -5.65. The number of hydrogen-bond donors (Lipinski definition) is 0. The Morgan fingerprint density at radius 3 is 1.89 bits per heavy atom. The van der Waals surface area contributed by atoms with Crippen molar-refractivity contribution in [2.75, 3.05) is 0 Å². The fourth-order valence-electron chi connectivity index (χ4n) is 1.11. The molecule has 19 heavy (non-hydrogen) atoms. The van der Waals surface area contributed by atoms with Gasteiger partial charge in [-0.3, -0.25) is 0 Å². The molecule has 0 saturated heterocycles. The highest BCUT2D eigenvalue weighted by atomic mass is 79.9. The van der Waals surface area contributed by atoms with Gasteiger partial charge in [0.25, 0.3) is 11.8 Å². The molecule has 1 aromatic carbocycles. The summed E-state index contributed by atoms with van der Waals surface area (Å²) in [5, 5.41) is 0. The van der Waals surface area contributed by atoms with Gasteiger partial charge in [0, 0.05) is 4.47 Å². The Morgan fingerprint density at radius 1 is 0.842 bits per heavy atom. The summed E-state index contributed by atoms with van der Waals surface area (Å²) >= 11 is 33.2. The van der Waals surface area contributed by atoms with Crippen LogP contribution in [0.3, 0.4) is 0 Å². The van der Waals surface area contributed by atoms with E-state index in [4.69, 9.17) is 60.7 Å². The molecule has 0 radical (unpaired) electrons. The van der Waals surface area contributed by atoms with Crippen molar-refractivity contribution in [1.82, 2.24) is 0 Å². The fourth-order valence-corrected chi connectivity index (χ4v) is 17.9. The van der Waals surface area contributed by atoms with E-state index in [2.05, 4.69) is 29.5 Å². The first-order chi connectivity index (χ1) is 8.59. The van der Waals surface area contributed by atoms with Crippen molar-refractivity contribution in [2.45, 2.75) is 0 Å². The maximum Gasteiger partial charge on any atom is 0.350 e. The molecule has 0 N–H and O–H groups in total. The Bertz CT molecular complexity index is 658. The van der Waals surface area contributed by atoms with Gasteiger partial charge in [-0.25, -0.2) is 0 Å². The minimum Gasteiger partial charge on any atom is -0.431 e. The second-order valence-corrected chi connectivity index (χ2v) is 17.2. The van der Waals surface area contributed by atoms with Crippen molar-refractivity contribution in [1.29, 1.82) is 0 Å². The zero-order chi connectivity index (χ0) is 14.3. The highest BCUT2D eigenvalue weighted by Gasteiger charge is 2.34. The van der Waals surface area contributed by atoms with Crippen LogP contribution < -0.4 is 4.52 Å². The first kappa shape index (κ1) is 17.0. The van der Waals surface area contributed by atoms with Gasteiger partial charge in [0.05, 0.1) is 0 Å². The van der Waals surface area contributed by atoms with Crippen LogP contribution in [0.2, 0.25) is 0 Å². The molecule has 1 aliphatic rings. The predicted octanol–water partition coefficient (Wildman–Crippen LogP) is 8.87. The van der Waals surface area contributed by atoms with Crippen LogP contribution in [0.25, 0.3) is 0 Å². The van der Waals surface area contributed by atoms with Crippen LogP contribution in [-0.2, 0) is 0 Å². The minimum atomic E-state index is -3.16. The Labute approximate surface area is 142 Å².